The molecule has 0 aliphatic heterocycles. The summed E-state index contributed by atoms with van der Waals surface area (Å²) in [5.41, 5.74) is 2.76. The monoisotopic (exact) mass is 264 g/mol. The van der Waals surface area contributed by atoms with Crippen molar-refractivity contribution in [1.82, 2.24) is 4.98 Å². The van der Waals surface area contributed by atoms with Gasteiger partial charge in [0.2, 0.25) is 0 Å². The van der Waals surface area contributed by atoms with E-state index in [1.54, 1.807) is 6.07 Å². The topological polar surface area (TPSA) is 24.9 Å². The first-order chi connectivity index (χ1) is 8.56. The number of anilines is 1. The van der Waals surface area contributed by atoms with E-state index in [0.29, 0.717) is 5.02 Å². The number of benzene rings is 1. The molecule has 0 aliphatic carbocycles. The second-order valence-corrected chi connectivity index (χ2v) is 4.66. The molecule has 1 aromatic heterocycles. The van der Waals surface area contributed by atoms with Gasteiger partial charge in [0.15, 0.2) is 0 Å². The quantitative estimate of drug-likeness (QED) is 0.891. The number of nitrogens with zero attached hydrogens (tertiary/aromatic N) is 1. The summed E-state index contributed by atoms with van der Waals surface area (Å²) in [6.45, 7) is 3.96. The molecule has 0 saturated carbocycles. The van der Waals surface area contributed by atoms with Gasteiger partial charge in [-0.25, -0.2) is 4.39 Å². The van der Waals surface area contributed by atoms with Crippen LogP contribution < -0.4 is 5.32 Å². The lowest BCUT2D eigenvalue weighted by Gasteiger charge is -2.16. The van der Waals surface area contributed by atoms with Gasteiger partial charge in [0.05, 0.1) is 28.6 Å². The lowest BCUT2D eigenvalue weighted by Crippen LogP contribution is -2.09. The molecule has 2 rings (SSSR count). The van der Waals surface area contributed by atoms with Crippen LogP contribution in [-0.2, 0) is 0 Å². The molecule has 0 fully saturated rings. The Morgan fingerprint density at radius 3 is 2.72 bits per heavy atom. The van der Waals surface area contributed by atoms with Gasteiger partial charge in [-0.2, -0.15) is 0 Å². The lowest BCUT2D eigenvalue weighted by molar-refractivity contribution is 0.617. The van der Waals surface area contributed by atoms with E-state index in [0.717, 1.165) is 16.9 Å². The van der Waals surface area contributed by atoms with Crippen LogP contribution in [-0.4, -0.2) is 4.98 Å². The van der Waals surface area contributed by atoms with E-state index in [1.165, 1.54) is 12.3 Å². The zero-order chi connectivity index (χ0) is 13.1. The first kappa shape index (κ1) is 12.8. The van der Waals surface area contributed by atoms with Crippen molar-refractivity contribution in [2.24, 2.45) is 0 Å². The molecule has 0 saturated heterocycles. The molecular formula is C14H14ClFN2. The fraction of sp³-hybridized carbons (Fsp3) is 0.214. The van der Waals surface area contributed by atoms with Crippen molar-refractivity contribution in [3.63, 3.8) is 0 Å². The summed E-state index contributed by atoms with van der Waals surface area (Å²) in [6.07, 6.45) is 1.21. The minimum atomic E-state index is -0.334. The molecule has 1 unspecified atom stereocenters. The van der Waals surface area contributed by atoms with Crippen LogP contribution in [0.1, 0.15) is 24.2 Å². The molecular weight excluding hydrogens is 251 g/mol. The highest BCUT2D eigenvalue weighted by Gasteiger charge is 2.09. The zero-order valence-corrected chi connectivity index (χ0v) is 11.0. The largest absolute Gasteiger partial charge is 0.376 e. The average molecular weight is 265 g/mol. The minimum absolute atomic E-state index is 0.0371. The molecule has 0 amide bonds. The molecule has 0 bridgehead atoms. The Kier molecular flexibility index (Phi) is 3.82. The van der Waals surface area contributed by atoms with Crippen LogP contribution in [0.25, 0.3) is 0 Å². The van der Waals surface area contributed by atoms with Crippen LogP contribution in [0.15, 0.2) is 36.5 Å². The number of aryl methyl sites for hydroxylation is 1. The number of hydrogen-bond donors (Lipinski definition) is 1. The summed E-state index contributed by atoms with van der Waals surface area (Å²) in [7, 11) is 0. The maximum absolute atomic E-state index is 12.8. The number of halogens is 2. The summed E-state index contributed by atoms with van der Waals surface area (Å²) in [4.78, 5) is 4.05. The molecule has 0 radical (unpaired) electrons. The highest BCUT2D eigenvalue weighted by Crippen LogP contribution is 2.26. The molecule has 1 N–H and O–H groups in total. The average Bonchev–Trinajstić information content (AvgIpc) is 2.34. The van der Waals surface area contributed by atoms with E-state index in [-0.39, 0.29) is 11.9 Å². The third-order valence-electron chi connectivity index (χ3n) is 2.69. The number of rotatable bonds is 3. The molecule has 1 atom stereocenters. The van der Waals surface area contributed by atoms with E-state index in [2.05, 4.69) is 10.3 Å². The minimum Gasteiger partial charge on any atom is -0.376 e. The standard InChI is InChI=1S/C14H14ClFN2/c1-9-3-5-12(15)14(7-9)18-10(2)13-6-4-11(16)8-17-13/h3-8,10,18H,1-2H3. The van der Waals surface area contributed by atoms with Crippen LogP contribution in [0.4, 0.5) is 10.1 Å². The lowest BCUT2D eigenvalue weighted by atomic mass is 10.1. The van der Waals surface area contributed by atoms with Gasteiger partial charge in [0.1, 0.15) is 5.82 Å². The number of hydrogen-bond acceptors (Lipinski definition) is 2. The van der Waals surface area contributed by atoms with Gasteiger partial charge in [0.25, 0.3) is 0 Å². The van der Waals surface area contributed by atoms with Crippen molar-refractivity contribution in [2.45, 2.75) is 19.9 Å². The van der Waals surface area contributed by atoms with E-state index >= 15 is 0 Å². The molecule has 2 aromatic rings. The van der Waals surface area contributed by atoms with Crippen molar-refractivity contribution >= 4 is 17.3 Å². The number of nitrogens with one attached hydrogen (secondary N) is 1. The second kappa shape index (κ2) is 5.36. The molecule has 94 valence electrons. The van der Waals surface area contributed by atoms with Crippen molar-refractivity contribution in [3.8, 4) is 0 Å². The fourth-order valence-electron chi connectivity index (χ4n) is 1.70. The Morgan fingerprint density at radius 1 is 1.28 bits per heavy atom. The van der Waals surface area contributed by atoms with Gasteiger partial charge < -0.3 is 5.32 Å². The predicted molar refractivity (Wildman–Crippen MR) is 72.4 cm³/mol. The molecule has 0 spiro atoms. The summed E-state index contributed by atoms with van der Waals surface area (Å²) in [5, 5.41) is 3.93. The van der Waals surface area contributed by atoms with Gasteiger partial charge >= 0.3 is 0 Å². The molecule has 1 aromatic carbocycles. The van der Waals surface area contributed by atoms with Gasteiger partial charge in [-0.1, -0.05) is 17.7 Å². The highest BCUT2D eigenvalue weighted by molar-refractivity contribution is 6.33. The van der Waals surface area contributed by atoms with Crippen molar-refractivity contribution in [2.75, 3.05) is 5.32 Å². The van der Waals surface area contributed by atoms with E-state index in [1.807, 2.05) is 32.0 Å². The Bertz CT molecular complexity index is 540. The molecule has 18 heavy (non-hydrogen) atoms. The van der Waals surface area contributed by atoms with Crippen LogP contribution >= 0.6 is 11.6 Å². The maximum Gasteiger partial charge on any atom is 0.141 e. The summed E-state index contributed by atoms with van der Waals surface area (Å²) in [6, 6.07) is 8.81. The summed E-state index contributed by atoms with van der Waals surface area (Å²) < 4.78 is 12.8. The first-order valence-electron chi connectivity index (χ1n) is 5.70. The molecule has 1 heterocycles. The Labute approximate surface area is 111 Å². The maximum atomic E-state index is 12.8. The molecule has 2 nitrogen and oxygen atoms in total. The van der Waals surface area contributed by atoms with E-state index < -0.39 is 0 Å². The fourth-order valence-corrected chi connectivity index (χ4v) is 1.87. The van der Waals surface area contributed by atoms with Crippen LogP contribution in [0, 0.1) is 12.7 Å². The van der Waals surface area contributed by atoms with Gasteiger partial charge in [-0.3, -0.25) is 4.98 Å². The first-order valence-corrected chi connectivity index (χ1v) is 6.08. The second-order valence-electron chi connectivity index (χ2n) is 4.25. The Morgan fingerprint density at radius 2 is 2.06 bits per heavy atom. The van der Waals surface area contributed by atoms with Crippen LogP contribution in [0.5, 0.6) is 0 Å². The Hall–Kier alpha value is -1.61. The predicted octanol–water partition coefficient (Wildman–Crippen LogP) is 4.36. The summed E-state index contributed by atoms with van der Waals surface area (Å²) >= 11 is 6.11. The van der Waals surface area contributed by atoms with Gasteiger partial charge in [-0.15, -0.1) is 0 Å². The van der Waals surface area contributed by atoms with Crippen molar-refractivity contribution in [3.05, 3.63) is 58.6 Å². The smallest absolute Gasteiger partial charge is 0.141 e. The van der Waals surface area contributed by atoms with Crippen molar-refractivity contribution in [1.29, 1.82) is 0 Å². The van der Waals surface area contributed by atoms with Gasteiger partial charge in [-0.05, 0) is 43.7 Å². The van der Waals surface area contributed by atoms with Crippen LogP contribution in [0.2, 0.25) is 5.02 Å². The van der Waals surface area contributed by atoms with Crippen LogP contribution in [0.3, 0.4) is 0 Å². The molecule has 4 heteroatoms. The van der Waals surface area contributed by atoms with Crippen molar-refractivity contribution < 1.29 is 4.39 Å². The Balaban J connectivity index is 2.18. The highest BCUT2D eigenvalue weighted by atomic mass is 35.5. The normalized spacial score (nSPS) is 12.2. The number of pyridine rings is 1. The zero-order valence-electron chi connectivity index (χ0n) is 10.2. The third-order valence-corrected chi connectivity index (χ3v) is 3.02. The molecule has 0 aliphatic rings. The van der Waals surface area contributed by atoms with E-state index in [9.17, 15) is 4.39 Å². The van der Waals surface area contributed by atoms with Gasteiger partial charge in [0, 0.05) is 0 Å². The third kappa shape index (κ3) is 2.99. The van der Waals surface area contributed by atoms with E-state index in [4.69, 9.17) is 11.6 Å². The summed E-state index contributed by atoms with van der Waals surface area (Å²) in [5.74, 6) is -0.334. The SMILES string of the molecule is Cc1ccc(Cl)c(NC(C)c2ccc(F)cn2)c1. The number of aromatic nitrogens is 1.